The zero-order valence-electron chi connectivity index (χ0n) is 8.16. The first-order valence-corrected chi connectivity index (χ1v) is 4.69. The number of hydrogen-bond acceptors (Lipinski definition) is 5. The van der Waals surface area contributed by atoms with E-state index in [9.17, 15) is 0 Å². The SMILES string of the molecule is CCOCCOc1nc(C)nc(Cl)n1. The van der Waals surface area contributed by atoms with Crippen LogP contribution in [0.5, 0.6) is 6.01 Å². The van der Waals surface area contributed by atoms with E-state index in [0.29, 0.717) is 25.6 Å². The molecule has 0 saturated heterocycles. The molecule has 0 aliphatic carbocycles. The Morgan fingerprint density at radius 2 is 2.00 bits per heavy atom. The van der Waals surface area contributed by atoms with Crippen molar-refractivity contribution in [3.05, 3.63) is 11.1 Å². The van der Waals surface area contributed by atoms with Crippen molar-refractivity contribution >= 4 is 11.6 Å². The second-order valence-electron chi connectivity index (χ2n) is 2.48. The number of rotatable bonds is 5. The van der Waals surface area contributed by atoms with Gasteiger partial charge in [0.15, 0.2) is 0 Å². The second kappa shape index (κ2) is 5.72. The lowest BCUT2D eigenvalue weighted by Gasteiger charge is -2.04. The molecule has 1 aromatic rings. The van der Waals surface area contributed by atoms with Gasteiger partial charge in [-0.15, -0.1) is 0 Å². The van der Waals surface area contributed by atoms with Crippen molar-refractivity contribution in [2.75, 3.05) is 19.8 Å². The minimum Gasteiger partial charge on any atom is -0.461 e. The van der Waals surface area contributed by atoms with Crippen molar-refractivity contribution in [1.82, 2.24) is 15.0 Å². The van der Waals surface area contributed by atoms with E-state index in [-0.39, 0.29) is 11.3 Å². The fourth-order valence-electron chi connectivity index (χ4n) is 0.827. The first kappa shape index (κ1) is 11.1. The van der Waals surface area contributed by atoms with Crippen molar-refractivity contribution in [2.45, 2.75) is 13.8 Å². The van der Waals surface area contributed by atoms with Gasteiger partial charge in [-0.2, -0.15) is 9.97 Å². The van der Waals surface area contributed by atoms with E-state index in [1.165, 1.54) is 0 Å². The monoisotopic (exact) mass is 217 g/mol. The number of hydrogen-bond donors (Lipinski definition) is 0. The Morgan fingerprint density at radius 3 is 2.64 bits per heavy atom. The lowest BCUT2D eigenvalue weighted by molar-refractivity contribution is 0.106. The number of aromatic nitrogens is 3. The van der Waals surface area contributed by atoms with Crippen LogP contribution >= 0.6 is 11.6 Å². The van der Waals surface area contributed by atoms with Crippen LogP contribution in [-0.2, 0) is 4.74 Å². The van der Waals surface area contributed by atoms with Crippen molar-refractivity contribution in [2.24, 2.45) is 0 Å². The molecule has 0 N–H and O–H groups in total. The molecule has 1 rings (SSSR count). The van der Waals surface area contributed by atoms with Gasteiger partial charge in [-0.25, -0.2) is 4.98 Å². The van der Waals surface area contributed by atoms with Gasteiger partial charge in [-0.3, -0.25) is 0 Å². The average molecular weight is 218 g/mol. The summed E-state index contributed by atoms with van der Waals surface area (Å²) in [4.78, 5) is 11.6. The molecule has 5 nitrogen and oxygen atoms in total. The molecule has 14 heavy (non-hydrogen) atoms. The van der Waals surface area contributed by atoms with E-state index >= 15 is 0 Å². The molecule has 78 valence electrons. The summed E-state index contributed by atoms with van der Waals surface area (Å²) in [6.45, 7) is 5.24. The maximum Gasteiger partial charge on any atom is 0.321 e. The summed E-state index contributed by atoms with van der Waals surface area (Å²) in [6.07, 6.45) is 0. The predicted octanol–water partition coefficient (Wildman–Crippen LogP) is 1.25. The molecule has 0 unspecified atom stereocenters. The highest BCUT2D eigenvalue weighted by Crippen LogP contribution is 2.06. The first-order valence-electron chi connectivity index (χ1n) is 4.31. The molecule has 1 heterocycles. The van der Waals surface area contributed by atoms with Crippen LogP contribution in [0.2, 0.25) is 5.28 Å². The predicted molar refractivity (Wildman–Crippen MR) is 51.6 cm³/mol. The molecule has 0 saturated carbocycles. The average Bonchev–Trinajstić information content (AvgIpc) is 2.11. The number of halogens is 1. The quantitative estimate of drug-likeness (QED) is 0.695. The summed E-state index contributed by atoms with van der Waals surface area (Å²) >= 11 is 5.62. The third-order valence-electron chi connectivity index (χ3n) is 1.36. The van der Waals surface area contributed by atoms with Crippen LogP contribution in [0.3, 0.4) is 0 Å². The van der Waals surface area contributed by atoms with Gasteiger partial charge in [0, 0.05) is 6.61 Å². The van der Waals surface area contributed by atoms with E-state index < -0.39 is 0 Å². The van der Waals surface area contributed by atoms with E-state index in [1.807, 2.05) is 6.92 Å². The van der Waals surface area contributed by atoms with Crippen molar-refractivity contribution in [1.29, 1.82) is 0 Å². The molecule has 0 aliphatic rings. The molecule has 0 aromatic carbocycles. The van der Waals surface area contributed by atoms with Crippen LogP contribution in [0.4, 0.5) is 0 Å². The zero-order valence-corrected chi connectivity index (χ0v) is 8.91. The minimum atomic E-state index is 0.143. The first-order chi connectivity index (χ1) is 6.72. The molecule has 0 atom stereocenters. The Labute approximate surface area is 87.4 Å². The second-order valence-corrected chi connectivity index (χ2v) is 2.82. The maximum atomic E-state index is 5.62. The highest BCUT2D eigenvalue weighted by molar-refractivity contribution is 6.28. The maximum absolute atomic E-state index is 5.62. The van der Waals surface area contributed by atoms with Crippen molar-refractivity contribution in [3.8, 4) is 6.01 Å². The molecule has 0 radical (unpaired) electrons. The third kappa shape index (κ3) is 3.85. The van der Waals surface area contributed by atoms with Crippen LogP contribution in [0.15, 0.2) is 0 Å². The fourth-order valence-corrected chi connectivity index (χ4v) is 1.02. The molecule has 0 fully saturated rings. The number of ether oxygens (including phenoxy) is 2. The van der Waals surface area contributed by atoms with Crippen molar-refractivity contribution < 1.29 is 9.47 Å². The van der Waals surface area contributed by atoms with Crippen molar-refractivity contribution in [3.63, 3.8) is 0 Å². The number of nitrogens with zero attached hydrogens (tertiary/aromatic N) is 3. The molecule has 1 aromatic heterocycles. The molecule has 0 amide bonds. The van der Waals surface area contributed by atoms with Gasteiger partial charge < -0.3 is 9.47 Å². The topological polar surface area (TPSA) is 57.1 Å². The molecule has 0 spiro atoms. The smallest absolute Gasteiger partial charge is 0.321 e. The van der Waals surface area contributed by atoms with Gasteiger partial charge in [0.1, 0.15) is 12.4 Å². The van der Waals surface area contributed by atoms with Crippen LogP contribution in [-0.4, -0.2) is 34.8 Å². The van der Waals surface area contributed by atoms with Crippen LogP contribution < -0.4 is 4.74 Å². The summed E-state index contributed by atoms with van der Waals surface area (Å²) in [6, 6.07) is 0.238. The molecule has 6 heteroatoms. The largest absolute Gasteiger partial charge is 0.461 e. The molecular formula is C8H12ClN3O2. The molecule has 0 aliphatic heterocycles. The van der Waals surface area contributed by atoms with Crippen LogP contribution in [0.25, 0.3) is 0 Å². The summed E-state index contributed by atoms with van der Waals surface area (Å²) in [7, 11) is 0. The summed E-state index contributed by atoms with van der Waals surface area (Å²) in [5, 5.41) is 0.143. The zero-order chi connectivity index (χ0) is 10.4. The van der Waals surface area contributed by atoms with E-state index in [2.05, 4.69) is 15.0 Å². The normalized spacial score (nSPS) is 10.2. The van der Waals surface area contributed by atoms with Gasteiger partial charge >= 0.3 is 6.01 Å². The van der Waals surface area contributed by atoms with Gasteiger partial charge in [0.25, 0.3) is 0 Å². The van der Waals surface area contributed by atoms with Gasteiger partial charge in [-0.05, 0) is 25.4 Å². The molecule has 0 bridgehead atoms. The lowest BCUT2D eigenvalue weighted by Crippen LogP contribution is -2.09. The summed E-state index contributed by atoms with van der Waals surface area (Å²) in [5.41, 5.74) is 0. The summed E-state index contributed by atoms with van der Waals surface area (Å²) in [5.74, 6) is 0.538. The van der Waals surface area contributed by atoms with E-state index in [4.69, 9.17) is 21.1 Å². The van der Waals surface area contributed by atoms with E-state index in [1.54, 1.807) is 6.92 Å². The van der Waals surface area contributed by atoms with Gasteiger partial charge in [0.05, 0.1) is 6.61 Å². The van der Waals surface area contributed by atoms with Gasteiger partial charge in [0.2, 0.25) is 5.28 Å². The minimum absolute atomic E-state index is 0.143. The Kier molecular flexibility index (Phi) is 4.55. The fraction of sp³-hybridized carbons (Fsp3) is 0.625. The highest BCUT2D eigenvalue weighted by Gasteiger charge is 2.01. The summed E-state index contributed by atoms with van der Waals surface area (Å²) < 4.78 is 10.3. The lowest BCUT2D eigenvalue weighted by atomic mass is 10.7. The Balaban J connectivity index is 2.42. The van der Waals surface area contributed by atoms with E-state index in [0.717, 1.165) is 0 Å². The highest BCUT2D eigenvalue weighted by atomic mass is 35.5. The Hall–Kier alpha value is -0.940. The number of aryl methyl sites for hydroxylation is 1. The van der Waals surface area contributed by atoms with Crippen LogP contribution in [0, 0.1) is 6.92 Å². The van der Waals surface area contributed by atoms with Crippen LogP contribution in [0.1, 0.15) is 12.7 Å². The standard InChI is InChI=1S/C8H12ClN3O2/c1-3-13-4-5-14-8-11-6(2)10-7(9)12-8/h3-5H2,1-2H3. The Morgan fingerprint density at radius 1 is 1.21 bits per heavy atom. The Bertz CT molecular complexity index is 276. The third-order valence-corrected chi connectivity index (χ3v) is 1.53. The van der Waals surface area contributed by atoms with Gasteiger partial charge in [-0.1, -0.05) is 0 Å². The molecular weight excluding hydrogens is 206 g/mol.